The van der Waals surface area contributed by atoms with E-state index >= 15 is 0 Å². The number of methoxy groups -OCH3 is 1. The van der Waals surface area contributed by atoms with Crippen LogP contribution in [0.25, 0.3) is 5.69 Å². The summed E-state index contributed by atoms with van der Waals surface area (Å²) in [4.78, 5) is 14.8. The third kappa shape index (κ3) is 3.32. The Morgan fingerprint density at radius 3 is 2.59 bits per heavy atom. The smallest absolute Gasteiger partial charge is 0.276 e. The molecule has 3 aromatic rings. The van der Waals surface area contributed by atoms with Gasteiger partial charge in [0.05, 0.1) is 18.5 Å². The van der Waals surface area contributed by atoms with Gasteiger partial charge in [-0.05, 0) is 44.0 Å². The van der Waals surface area contributed by atoms with Gasteiger partial charge in [-0.25, -0.2) is 4.68 Å². The molecule has 1 fully saturated rings. The Balaban J connectivity index is 1.49. The Bertz CT molecular complexity index is 924. The molecule has 1 aliphatic rings. The third-order valence-electron chi connectivity index (χ3n) is 5.20. The van der Waals surface area contributed by atoms with Crippen LogP contribution < -0.4 is 4.74 Å². The van der Waals surface area contributed by atoms with Gasteiger partial charge in [0.2, 0.25) is 0 Å². The molecule has 7 nitrogen and oxygen atoms in total. The molecule has 0 saturated carbocycles. The lowest BCUT2D eigenvalue weighted by Gasteiger charge is -2.32. The predicted octanol–water partition coefficient (Wildman–Crippen LogP) is 2.86. The molecule has 4 rings (SSSR count). The summed E-state index contributed by atoms with van der Waals surface area (Å²) >= 11 is 0. The number of benzene rings is 1. The van der Waals surface area contributed by atoms with Crippen LogP contribution in [0, 0.1) is 6.92 Å². The van der Waals surface area contributed by atoms with Gasteiger partial charge in [0.1, 0.15) is 5.75 Å². The van der Waals surface area contributed by atoms with Crippen molar-refractivity contribution in [2.45, 2.75) is 25.8 Å². The van der Waals surface area contributed by atoms with Crippen LogP contribution in [0.5, 0.6) is 5.75 Å². The normalized spacial score (nSPS) is 15.1. The molecule has 0 N–H and O–H groups in total. The van der Waals surface area contributed by atoms with Gasteiger partial charge in [0.25, 0.3) is 5.91 Å². The van der Waals surface area contributed by atoms with Crippen molar-refractivity contribution in [2.24, 2.45) is 0 Å². The average Bonchev–Trinajstić information content (AvgIpc) is 3.38. The van der Waals surface area contributed by atoms with Gasteiger partial charge in [-0.1, -0.05) is 11.3 Å². The fourth-order valence-electron chi connectivity index (χ4n) is 3.62. The molecule has 0 bridgehead atoms. The largest absolute Gasteiger partial charge is 0.497 e. The molecule has 0 atom stereocenters. The summed E-state index contributed by atoms with van der Waals surface area (Å²) in [7, 11) is 1.62. The second-order valence-corrected chi connectivity index (χ2v) is 6.79. The van der Waals surface area contributed by atoms with E-state index in [1.54, 1.807) is 11.8 Å². The van der Waals surface area contributed by atoms with Crippen LogP contribution in [0.4, 0.5) is 0 Å². The lowest BCUT2D eigenvalue weighted by Crippen LogP contribution is -2.39. The number of aromatic nitrogens is 4. The minimum absolute atomic E-state index is 0.0485. The molecule has 1 saturated heterocycles. The first-order valence-electron chi connectivity index (χ1n) is 9.16. The Labute approximate surface area is 158 Å². The minimum Gasteiger partial charge on any atom is -0.497 e. The van der Waals surface area contributed by atoms with E-state index in [1.165, 1.54) is 0 Å². The molecular formula is C20H23N5O2. The van der Waals surface area contributed by atoms with Gasteiger partial charge < -0.3 is 14.2 Å². The van der Waals surface area contributed by atoms with Crippen molar-refractivity contribution < 1.29 is 9.53 Å². The maximum Gasteiger partial charge on any atom is 0.276 e. The fourth-order valence-corrected chi connectivity index (χ4v) is 3.62. The quantitative estimate of drug-likeness (QED) is 0.713. The summed E-state index contributed by atoms with van der Waals surface area (Å²) < 4.78 is 9.18. The first-order chi connectivity index (χ1) is 13.2. The fraction of sp³-hybridized carbons (Fsp3) is 0.350. The maximum atomic E-state index is 13.0. The second kappa shape index (κ2) is 7.26. The van der Waals surface area contributed by atoms with Gasteiger partial charge >= 0.3 is 0 Å². The SMILES string of the molecule is COc1cccc(-n2nnc(C(=O)N3CCC(n4cccc4)CC3)c2C)c1. The Hall–Kier alpha value is -3.09. The molecule has 27 heavy (non-hydrogen) atoms. The first kappa shape index (κ1) is 17.3. The molecule has 1 aliphatic heterocycles. The minimum atomic E-state index is -0.0485. The molecule has 0 aliphatic carbocycles. The maximum absolute atomic E-state index is 13.0. The van der Waals surface area contributed by atoms with Gasteiger partial charge in [0, 0.05) is 37.6 Å². The molecule has 7 heteroatoms. The topological polar surface area (TPSA) is 65.2 Å². The first-order valence-corrected chi connectivity index (χ1v) is 9.16. The van der Waals surface area contributed by atoms with Crippen molar-refractivity contribution in [3.05, 3.63) is 60.2 Å². The van der Waals surface area contributed by atoms with Crippen molar-refractivity contribution in [3.8, 4) is 11.4 Å². The molecule has 0 radical (unpaired) electrons. The molecular weight excluding hydrogens is 342 g/mol. The zero-order valence-electron chi connectivity index (χ0n) is 15.6. The third-order valence-corrected chi connectivity index (χ3v) is 5.20. The molecule has 140 valence electrons. The highest BCUT2D eigenvalue weighted by atomic mass is 16.5. The number of carbonyl (C=O) groups is 1. The van der Waals surface area contributed by atoms with Crippen LogP contribution in [0.15, 0.2) is 48.8 Å². The van der Waals surface area contributed by atoms with E-state index in [1.807, 2.05) is 48.2 Å². The average molecular weight is 365 g/mol. The predicted molar refractivity (Wildman–Crippen MR) is 101 cm³/mol. The van der Waals surface area contributed by atoms with Crippen LogP contribution in [0.3, 0.4) is 0 Å². The van der Waals surface area contributed by atoms with Crippen molar-refractivity contribution in [2.75, 3.05) is 20.2 Å². The highest BCUT2D eigenvalue weighted by Crippen LogP contribution is 2.24. The number of hydrogen-bond donors (Lipinski definition) is 0. The van der Waals surface area contributed by atoms with Crippen molar-refractivity contribution >= 4 is 5.91 Å². The van der Waals surface area contributed by atoms with E-state index in [0.29, 0.717) is 11.7 Å². The summed E-state index contributed by atoms with van der Waals surface area (Å²) in [5.74, 6) is 0.690. The van der Waals surface area contributed by atoms with Gasteiger partial charge in [-0.2, -0.15) is 0 Å². The van der Waals surface area contributed by atoms with Crippen LogP contribution in [0.2, 0.25) is 0 Å². The molecule has 0 unspecified atom stereocenters. The summed E-state index contributed by atoms with van der Waals surface area (Å²) in [6.07, 6.45) is 6.07. The summed E-state index contributed by atoms with van der Waals surface area (Å²) in [6.45, 7) is 3.33. The van der Waals surface area contributed by atoms with E-state index in [2.05, 4.69) is 27.3 Å². The molecule has 0 spiro atoms. The monoisotopic (exact) mass is 365 g/mol. The number of carbonyl (C=O) groups excluding carboxylic acids is 1. The molecule has 2 aromatic heterocycles. The lowest BCUT2D eigenvalue weighted by molar-refractivity contribution is 0.0688. The van der Waals surface area contributed by atoms with Crippen molar-refractivity contribution in [3.63, 3.8) is 0 Å². The summed E-state index contributed by atoms with van der Waals surface area (Å²) in [5, 5.41) is 8.36. The zero-order chi connectivity index (χ0) is 18.8. The van der Waals surface area contributed by atoms with E-state index < -0.39 is 0 Å². The standard InChI is InChI=1S/C20H23N5O2/c1-15-19(21-22-25(15)17-6-5-7-18(14-17)27-2)20(26)24-12-8-16(9-13-24)23-10-3-4-11-23/h3-7,10-11,14,16H,8-9,12-13H2,1-2H3. The number of hydrogen-bond acceptors (Lipinski definition) is 4. The number of likely N-dealkylation sites (tertiary alicyclic amines) is 1. The zero-order valence-corrected chi connectivity index (χ0v) is 15.6. The Kier molecular flexibility index (Phi) is 4.66. The summed E-state index contributed by atoms with van der Waals surface area (Å²) in [5.41, 5.74) is 1.97. The van der Waals surface area contributed by atoms with E-state index in [0.717, 1.165) is 43.1 Å². The van der Waals surface area contributed by atoms with Crippen molar-refractivity contribution in [1.82, 2.24) is 24.5 Å². The van der Waals surface area contributed by atoms with Crippen LogP contribution >= 0.6 is 0 Å². The van der Waals surface area contributed by atoms with E-state index in [4.69, 9.17) is 4.74 Å². The number of piperidine rings is 1. The highest BCUT2D eigenvalue weighted by Gasteiger charge is 2.27. The Morgan fingerprint density at radius 2 is 1.89 bits per heavy atom. The van der Waals surface area contributed by atoms with Crippen LogP contribution in [-0.4, -0.2) is 50.6 Å². The molecule has 1 amide bonds. The van der Waals surface area contributed by atoms with E-state index in [-0.39, 0.29) is 5.91 Å². The van der Waals surface area contributed by atoms with Crippen LogP contribution in [-0.2, 0) is 0 Å². The van der Waals surface area contributed by atoms with E-state index in [9.17, 15) is 4.79 Å². The second-order valence-electron chi connectivity index (χ2n) is 6.79. The van der Waals surface area contributed by atoms with Crippen molar-refractivity contribution in [1.29, 1.82) is 0 Å². The van der Waals surface area contributed by atoms with Gasteiger partial charge in [-0.15, -0.1) is 5.10 Å². The number of nitrogens with zero attached hydrogens (tertiary/aromatic N) is 5. The molecule has 3 heterocycles. The lowest BCUT2D eigenvalue weighted by atomic mass is 10.0. The van der Waals surface area contributed by atoms with Gasteiger partial charge in [0.15, 0.2) is 5.69 Å². The number of amides is 1. The highest BCUT2D eigenvalue weighted by molar-refractivity contribution is 5.93. The molecule has 1 aromatic carbocycles. The Morgan fingerprint density at radius 1 is 1.15 bits per heavy atom. The van der Waals surface area contributed by atoms with Gasteiger partial charge in [-0.3, -0.25) is 4.79 Å². The number of ether oxygens (including phenoxy) is 1. The van der Waals surface area contributed by atoms with Crippen LogP contribution in [0.1, 0.15) is 35.1 Å². The number of rotatable bonds is 4. The summed E-state index contributed by atoms with van der Waals surface area (Å²) in [6, 6.07) is 12.1.